The lowest BCUT2D eigenvalue weighted by Crippen LogP contribution is -2.50. The molecule has 0 unspecified atom stereocenters. The Morgan fingerprint density at radius 1 is 0.667 bits per heavy atom. The van der Waals surface area contributed by atoms with E-state index in [9.17, 15) is 10.2 Å². The second-order valence-corrected chi connectivity index (χ2v) is 6.07. The monoisotopic (exact) mass is 282 g/mol. The van der Waals surface area contributed by atoms with E-state index >= 15 is 0 Å². The average molecular weight is 282 g/mol. The summed E-state index contributed by atoms with van der Waals surface area (Å²) in [6.07, 6.45) is 2.83. The zero-order valence-electron chi connectivity index (χ0n) is 12.2. The van der Waals surface area contributed by atoms with E-state index in [1.54, 1.807) is 0 Å². The minimum atomic E-state index is -0.398. The van der Waals surface area contributed by atoms with Crippen molar-refractivity contribution < 1.29 is 10.2 Å². The van der Waals surface area contributed by atoms with E-state index in [0.29, 0.717) is 0 Å². The summed E-state index contributed by atoms with van der Waals surface area (Å²) < 4.78 is 0. The van der Waals surface area contributed by atoms with Gasteiger partial charge in [0.05, 0.1) is 13.2 Å². The highest BCUT2D eigenvalue weighted by atomic mass is 16.3. The van der Waals surface area contributed by atoms with Crippen LogP contribution in [0.1, 0.15) is 30.4 Å². The molecule has 0 amide bonds. The second kappa shape index (κ2) is 5.63. The lowest BCUT2D eigenvalue weighted by Gasteiger charge is -2.45. The molecular formula is C19H22O2. The van der Waals surface area contributed by atoms with Crippen molar-refractivity contribution in [2.24, 2.45) is 0 Å². The van der Waals surface area contributed by atoms with Crippen molar-refractivity contribution in [2.75, 3.05) is 13.2 Å². The van der Waals surface area contributed by atoms with Gasteiger partial charge in [0.25, 0.3) is 0 Å². The zero-order chi connectivity index (χ0) is 14.8. The van der Waals surface area contributed by atoms with Crippen molar-refractivity contribution in [2.45, 2.75) is 30.1 Å². The summed E-state index contributed by atoms with van der Waals surface area (Å²) in [5.41, 5.74) is 1.46. The van der Waals surface area contributed by atoms with Crippen LogP contribution in [0.2, 0.25) is 0 Å². The van der Waals surface area contributed by atoms with E-state index in [4.69, 9.17) is 0 Å². The summed E-state index contributed by atoms with van der Waals surface area (Å²) in [5.74, 6) is 0. The Balaban J connectivity index is 2.19. The molecule has 0 aromatic heterocycles. The van der Waals surface area contributed by atoms with Crippen LogP contribution in [-0.2, 0) is 10.8 Å². The number of aliphatic hydroxyl groups is 2. The van der Waals surface area contributed by atoms with Crippen LogP contribution in [0.15, 0.2) is 60.7 Å². The van der Waals surface area contributed by atoms with Crippen molar-refractivity contribution in [3.63, 3.8) is 0 Å². The van der Waals surface area contributed by atoms with Crippen molar-refractivity contribution in [1.29, 1.82) is 0 Å². The first kappa shape index (κ1) is 14.3. The van der Waals surface area contributed by atoms with E-state index in [0.717, 1.165) is 30.4 Å². The third kappa shape index (κ3) is 2.02. The van der Waals surface area contributed by atoms with Crippen LogP contribution in [0.25, 0.3) is 0 Å². The fourth-order valence-corrected chi connectivity index (χ4v) is 4.17. The quantitative estimate of drug-likeness (QED) is 0.905. The maximum Gasteiger partial charge on any atom is 0.0537 e. The molecule has 0 spiro atoms. The predicted molar refractivity (Wildman–Crippen MR) is 84.3 cm³/mol. The molecule has 0 saturated heterocycles. The van der Waals surface area contributed by atoms with Gasteiger partial charge in [0.1, 0.15) is 0 Å². The molecule has 0 aliphatic heterocycles. The molecule has 2 heteroatoms. The first-order valence-electron chi connectivity index (χ1n) is 7.62. The largest absolute Gasteiger partial charge is 0.395 e. The van der Waals surface area contributed by atoms with Gasteiger partial charge in [-0.3, -0.25) is 0 Å². The average Bonchev–Trinajstić information content (AvgIpc) is 2.97. The number of hydrogen-bond donors (Lipinski definition) is 2. The molecule has 1 saturated carbocycles. The van der Waals surface area contributed by atoms with E-state index in [1.807, 2.05) is 36.4 Å². The minimum absolute atomic E-state index is 0.0620. The topological polar surface area (TPSA) is 40.5 Å². The molecule has 2 atom stereocenters. The predicted octanol–water partition coefficient (Wildman–Crippen LogP) is 3.03. The number of aliphatic hydroxyl groups excluding tert-OH is 2. The van der Waals surface area contributed by atoms with E-state index in [-0.39, 0.29) is 13.2 Å². The summed E-state index contributed by atoms with van der Waals surface area (Å²) in [4.78, 5) is 0. The van der Waals surface area contributed by atoms with Gasteiger partial charge in [-0.2, -0.15) is 0 Å². The molecule has 21 heavy (non-hydrogen) atoms. The molecule has 0 heterocycles. The standard InChI is InChI=1S/C19H22O2/c20-14-18(16-8-3-1-4-9-16)12-7-13-19(18,15-21)17-10-5-2-6-11-17/h1-6,8-11,20-21H,7,12-15H2/t18-,19-/m0/s1. The Morgan fingerprint density at radius 2 is 1.05 bits per heavy atom. The van der Waals surface area contributed by atoms with Gasteiger partial charge in [0.15, 0.2) is 0 Å². The van der Waals surface area contributed by atoms with E-state index in [1.165, 1.54) is 0 Å². The Morgan fingerprint density at radius 3 is 1.38 bits per heavy atom. The van der Waals surface area contributed by atoms with Gasteiger partial charge >= 0.3 is 0 Å². The fourth-order valence-electron chi connectivity index (χ4n) is 4.17. The van der Waals surface area contributed by atoms with Gasteiger partial charge in [-0.25, -0.2) is 0 Å². The highest BCUT2D eigenvalue weighted by Crippen LogP contribution is 2.55. The van der Waals surface area contributed by atoms with Crippen LogP contribution in [0.4, 0.5) is 0 Å². The third-order valence-electron chi connectivity index (χ3n) is 5.32. The minimum Gasteiger partial charge on any atom is -0.395 e. The number of benzene rings is 2. The summed E-state index contributed by atoms with van der Waals surface area (Å²) >= 11 is 0. The maximum absolute atomic E-state index is 10.3. The summed E-state index contributed by atoms with van der Waals surface area (Å²) in [5, 5.41) is 20.6. The van der Waals surface area contributed by atoms with Crippen LogP contribution < -0.4 is 0 Å². The summed E-state index contributed by atoms with van der Waals surface area (Å²) in [6, 6.07) is 20.3. The molecule has 2 aromatic carbocycles. The molecule has 0 bridgehead atoms. The van der Waals surface area contributed by atoms with Crippen LogP contribution in [0.3, 0.4) is 0 Å². The SMILES string of the molecule is OC[C@]1(c2ccccc2)CCC[C@]1(CO)c1ccccc1. The molecule has 1 aliphatic carbocycles. The van der Waals surface area contributed by atoms with Crippen LogP contribution in [0.5, 0.6) is 0 Å². The fraction of sp³-hybridized carbons (Fsp3) is 0.368. The number of hydrogen-bond acceptors (Lipinski definition) is 2. The molecule has 0 radical (unpaired) electrons. The molecule has 2 aromatic rings. The Kier molecular flexibility index (Phi) is 3.83. The first-order valence-corrected chi connectivity index (χ1v) is 7.62. The van der Waals surface area contributed by atoms with Gasteiger partial charge in [-0.05, 0) is 24.0 Å². The molecule has 2 nitrogen and oxygen atoms in total. The Hall–Kier alpha value is -1.64. The highest BCUT2D eigenvalue weighted by Gasteiger charge is 2.55. The lowest BCUT2D eigenvalue weighted by molar-refractivity contribution is 0.0796. The first-order chi connectivity index (χ1) is 10.3. The van der Waals surface area contributed by atoms with Crippen LogP contribution in [0, 0.1) is 0 Å². The normalized spacial score (nSPS) is 28.7. The molecule has 3 rings (SSSR count). The third-order valence-corrected chi connectivity index (χ3v) is 5.32. The Labute approximate surface area is 126 Å². The van der Waals surface area contributed by atoms with Crippen molar-refractivity contribution in [3.05, 3.63) is 71.8 Å². The summed E-state index contributed by atoms with van der Waals surface area (Å²) in [7, 11) is 0. The summed E-state index contributed by atoms with van der Waals surface area (Å²) in [6.45, 7) is 0.124. The van der Waals surface area contributed by atoms with Crippen LogP contribution >= 0.6 is 0 Å². The molecular weight excluding hydrogens is 260 g/mol. The number of rotatable bonds is 4. The van der Waals surface area contributed by atoms with Crippen molar-refractivity contribution in [3.8, 4) is 0 Å². The zero-order valence-corrected chi connectivity index (χ0v) is 12.2. The molecule has 110 valence electrons. The smallest absolute Gasteiger partial charge is 0.0537 e. The van der Waals surface area contributed by atoms with Gasteiger partial charge in [0, 0.05) is 10.8 Å². The van der Waals surface area contributed by atoms with Crippen molar-refractivity contribution >= 4 is 0 Å². The van der Waals surface area contributed by atoms with Gasteiger partial charge in [-0.15, -0.1) is 0 Å². The highest BCUT2D eigenvalue weighted by molar-refractivity contribution is 5.41. The van der Waals surface area contributed by atoms with Crippen molar-refractivity contribution in [1.82, 2.24) is 0 Å². The van der Waals surface area contributed by atoms with Gasteiger partial charge in [0.2, 0.25) is 0 Å². The molecule has 1 aliphatic rings. The van der Waals surface area contributed by atoms with Gasteiger partial charge in [-0.1, -0.05) is 67.1 Å². The van der Waals surface area contributed by atoms with Crippen LogP contribution in [-0.4, -0.2) is 23.4 Å². The molecule has 2 N–H and O–H groups in total. The van der Waals surface area contributed by atoms with E-state index < -0.39 is 10.8 Å². The van der Waals surface area contributed by atoms with Gasteiger partial charge < -0.3 is 10.2 Å². The maximum atomic E-state index is 10.3. The second-order valence-electron chi connectivity index (χ2n) is 6.07. The Bertz CT molecular complexity index is 528. The molecule has 1 fully saturated rings. The van der Waals surface area contributed by atoms with E-state index in [2.05, 4.69) is 24.3 Å². The lowest BCUT2D eigenvalue weighted by atomic mass is 9.59.